The molecule has 1 fully saturated rings. The molecule has 1 aliphatic rings. The van der Waals surface area contributed by atoms with Gasteiger partial charge in [0.05, 0.1) is 12.2 Å². The summed E-state index contributed by atoms with van der Waals surface area (Å²) in [4.78, 5) is 4.67. The Morgan fingerprint density at radius 1 is 1.04 bits per heavy atom. The van der Waals surface area contributed by atoms with Gasteiger partial charge < -0.3 is 14.7 Å². The van der Waals surface area contributed by atoms with Crippen molar-refractivity contribution in [3.63, 3.8) is 0 Å². The summed E-state index contributed by atoms with van der Waals surface area (Å²) in [7, 11) is 2.09. The van der Waals surface area contributed by atoms with E-state index < -0.39 is 5.60 Å². The molecule has 2 aromatic carbocycles. The van der Waals surface area contributed by atoms with E-state index in [1.54, 1.807) is 0 Å². The van der Waals surface area contributed by atoms with Crippen LogP contribution in [0.2, 0.25) is 0 Å². The summed E-state index contributed by atoms with van der Waals surface area (Å²) < 4.78 is 5.65. The van der Waals surface area contributed by atoms with Crippen LogP contribution in [0.4, 0.5) is 5.69 Å². The maximum Gasteiger partial charge on any atom is 0.119 e. The fraction of sp³-hybridized carbons (Fsp3) is 0.500. The number of hydrogen-bond acceptors (Lipinski definition) is 4. The lowest BCUT2D eigenvalue weighted by Crippen LogP contribution is -2.45. The fourth-order valence-corrected chi connectivity index (χ4v) is 3.74. The predicted molar refractivity (Wildman–Crippen MR) is 116 cm³/mol. The highest BCUT2D eigenvalue weighted by Gasteiger charge is 2.32. The van der Waals surface area contributed by atoms with Crippen LogP contribution in [0, 0.1) is 0 Å². The van der Waals surface area contributed by atoms with Gasteiger partial charge in [-0.2, -0.15) is 0 Å². The van der Waals surface area contributed by atoms with E-state index in [4.69, 9.17) is 4.74 Å². The Hall–Kier alpha value is -2.04. The molecule has 0 atom stereocenters. The largest absolute Gasteiger partial charge is 0.494 e. The number of benzene rings is 2. The Morgan fingerprint density at radius 2 is 1.71 bits per heavy atom. The van der Waals surface area contributed by atoms with Gasteiger partial charge in [0.25, 0.3) is 0 Å². The summed E-state index contributed by atoms with van der Waals surface area (Å²) in [5, 5.41) is 11.0. The Morgan fingerprint density at radius 3 is 2.36 bits per heavy atom. The van der Waals surface area contributed by atoms with Crippen molar-refractivity contribution in [1.29, 1.82) is 0 Å². The third kappa shape index (κ3) is 5.98. The minimum absolute atomic E-state index is 0.550. The zero-order valence-electron chi connectivity index (χ0n) is 17.3. The van der Waals surface area contributed by atoms with E-state index in [0.717, 1.165) is 69.9 Å². The monoisotopic (exact) mass is 382 g/mol. The van der Waals surface area contributed by atoms with Crippen LogP contribution in [0.3, 0.4) is 0 Å². The summed E-state index contributed by atoms with van der Waals surface area (Å²) in [5.41, 5.74) is 1.96. The zero-order chi connectivity index (χ0) is 19.8. The molecule has 2 aromatic rings. The Labute approximate surface area is 169 Å². The highest BCUT2D eigenvalue weighted by Crippen LogP contribution is 2.28. The van der Waals surface area contributed by atoms with Gasteiger partial charge in [0.2, 0.25) is 0 Å². The lowest BCUT2D eigenvalue weighted by molar-refractivity contribution is -0.0275. The van der Waals surface area contributed by atoms with Crippen molar-refractivity contribution < 1.29 is 9.84 Å². The third-order valence-corrected chi connectivity index (χ3v) is 5.70. The first-order chi connectivity index (χ1) is 13.6. The third-order valence-electron chi connectivity index (χ3n) is 5.70. The van der Waals surface area contributed by atoms with Gasteiger partial charge in [0, 0.05) is 38.9 Å². The van der Waals surface area contributed by atoms with Crippen LogP contribution in [0.1, 0.15) is 38.2 Å². The topological polar surface area (TPSA) is 35.9 Å². The molecule has 3 rings (SSSR count). The van der Waals surface area contributed by atoms with Crippen molar-refractivity contribution in [2.24, 2.45) is 0 Å². The smallest absolute Gasteiger partial charge is 0.119 e. The second-order valence-corrected chi connectivity index (χ2v) is 8.00. The van der Waals surface area contributed by atoms with Crippen molar-refractivity contribution in [2.75, 3.05) is 38.2 Å². The number of piperidine rings is 1. The van der Waals surface area contributed by atoms with Crippen LogP contribution >= 0.6 is 0 Å². The molecule has 1 saturated heterocycles. The number of likely N-dealkylation sites (tertiary alicyclic amines) is 1. The minimum atomic E-state index is -0.550. The second kappa shape index (κ2) is 9.94. The minimum Gasteiger partial charge on any atom is -0.494 e. The average Bonchev–Trinajstić information content (AvgIpc) is 2.73. The molecule has 1 N–H and O–H groups in total. The van der Waals surface area contributed by atoms with Gasteiger partial charge in [0.15, 0.2) is 0 Å². The van der Waals surface area contributed by atoms with Gasteiger partial charge in [-0.25, -0.2) is 0 Å². The molecule has 0 bridgehead atoms. The zero-order valence-corrected chi connectivity index (χ0v) is 17.3. The number of nitrogens with zero attached hydrogens (tertiary/aromatic N) is 2. The number of rotatable bonds is 9. The second-order valence-electron chi connectivity index (χ2n) is 8.00. The maximum absolute atomic E-state index is 11.0. The number of ether oxygens (including phenoxy) is 1. The first-order valence-electron chi connectivity index (χ1n) is 10.5. The molecule has 4 heteroatoms. The Balaban J connectivity index is 1.44. The van der Waals surface area contributed by atoms with E-state index in [0.29, 0.717) is 0 Å². The molecule has 0 radical (unpaired) electrons. The highest BCUT2D eigenvalue weighted by molar-refractivity contribution is 5.48. The maximum atomic E-state index is 11.0. The van der Waals surface area contributed by atoms with E-state index in [2.05, 4.69) is 66.2 Å². The molecule has 0 aliphatic carbocycles. The SMILES string of the molecule is CCCOc1ccc(N(C)CCC2(O)CCN(Cc3ccccc3)CC2)cc1. The number of aliphatic hydroxyl groups is 1. The van der Waals surface area contributed by atoms with Gasteiger partial charge in [-0.15, -0.1) is 0 Å². The Kier molecular flexibility index (Phi) is 7.35. The molecule has 1 heterocycles. The van der Waals surface area contributed by atoms with Gasteiger partial charge in [-0.05, 0) is 55.5 Å². The fourth-order valence-electron chi connectivity index (χ4n) is 3.74. The molecular formula is C24H34N2O2. The molecule has 1 aliphatic heterocycles. The summed E-state index contributed by atoms with van der Waals surface area (Å²) in [6.07, 6.45) is 3.51. The van der Waals surface area contributed by atoms with E-state index in [9.17, 15) is 5.11 Å². The van der Waals surface area contributed by atoms with E-state index in [1.165, 1.54) is 5.56 Å². The highest BCUT2D eigenvalue weighted by atomic mass is 16.5. The summed E-state index contributed by atoms with van der Waals surface area (Å²) in [5.74, 6) is 0.920. The molecular weight excluding hydrogens is 348 g/mol. The van der Waals surface area contributed by atoms with Gasteiger partial charge in [-0.3, -0.25) is 4.90 Å². The van der Waals surface area contributed by atoms with E-state index in [-0.39, 0.29) is 0 Å². The summed E-state index contributed by atoms with van der Waals surface area (Å²) in [6, 6.07) is 18.8. The molecule has 0 saturated carbocycles. The van der Waals surface area contributed by atoms with Crippen LogP contribution in [-0.2, 0) is 6.54 Å². The van der Waals surface area contributed by atoms with Gasteiger partial charge in [0.1, 0.15) is 5.75 Å². The first-order valence-corrected chi connectivity index (χ1v) is 10.5. The summed E-state index contributed by atoms with van der Waals surface area (Å²) >= 11 is 0. The molecule has 4 nitrogen and oxygen atoms in total. The van der Waals surface area contributed by atoms with Crippen LogP contribution < -0.4 is 9.64 Å². The molecule has 28 heavy (non-hydrogen) atoms. The molecule has 0 spiro atoms. The van der Waals surface area contributed by atoms with Crippen LogP contribution in [-0.4, -0.2) is 48.9 Å². The quantitative estimate of drug-likeness (QED) is 0.700. The Bertz CT molecular complexity index is 694. The molecule has 152 valence electrons. The predicted octanol–water partition coefficient (Wildman–Crippen LogP) is 4.33. The van der Waals surface area contributed by atoms with Crippen molar-refractivity contribution >= 4 is 5.69 Å². The number of hydrogen-bond donors (Lipinski definition) is 1. The van der Waals surface area contributed by atoms with Crippen molar-refractivity contribution in [2.45, 2.75) is 44.8 Å². The molecule has 0 aromatic heterocycles. The normalized spacial score (nSPS) is 16.7. The van der Waals surface area contributed by atoms with Crippen LogP contribution in [0.25, 0.3) is 0 Å². The lowest BCUT2D eigenvalue weighted by Gasteiger charge is -2.39. The average molecular weight is 383 g/mol. The first kappa shape index (κ1) is 20.7. The lowest BCUT2D eigenvalue weighted by atomic mass is 9.88. The van der Waals surface area contributed by atoms with Crippen LogP contribution in [0.15, 0.2) is 54.6 Å². The molecule has 0 unspecified atom stereocenters. The van der Waals surface area contributed by atoms with E-state index in [1.807, 2.05) is 12.1 Å². The van der Waals surface area contributed by atoms with Crippen molar-refractivity contribution in [3.8, 4) is 5.75 Å². The van der Waals surface area contributed by atoms with Gasteiger partial charge >= 0.3 is 0 Å². The van der Waals surface area contributed by atoms with E-state index >= 15 is 0 Å². The molecule has 0 amide bonds. The van der Waals surface area contributed by atoms with Crippen molar-refractivity contribution in [1.82, 2.24) is 4.90 Å². The number of anilines is 1. The summed E-state index contributed by atoms with van der Waals surface area (Å²) in [6.45, 7) is 6.60. The van der Waals surface area contributed by atoms with Gasteiger partial charge in [-0.1, -0.05) is 37.3 Å². The van der Waals surface area contributed by atoms with Crippen LogP contribution in [0.5, 0.6) is 5.75 Å². The van der Waals surface area contributed by atoms with Crippen molar-refractivity contribution in [3.05, 3.63) is 60.2 Å². The standard InChI is InChI=1S/C24H34N2O2/c1-3-19-28-23-11-9-22(10-12-23)25(2)16-13-24(27)14-17-26(18-15-24)20-21-7-5-4-6-8-21/h4-12,27H,3,13-20H2,1-2H3.